The van der Waals surface area contributed by atoms with Gasteiger partial charge in [0.05, 0.1) is 23.9 Å². The lowest BCUT2D eigenvalue weighted by molar-refractivity contribution is 0.0683. The molecular formula is C15H17N5O3. The highest BCUT2D eigenvalue weighted by Crippen LogP contribution is 2.13. The van der Waals surface area contributed by atoms with E-state index in [1.807, 2.05) is 13.8 Å². The number of hydrogen-bond acceptors (Lipinski definition) is 6. The molecule has 0 saturated carbocycles. The van der Waals surface area contributed by atoms with Crippen molar-refractivity contribution in [3.8, 4) is 0 Å². The predicted octanol–water partition coefficient (Wildman–Crippen LogP) is 1.97. The van der Waals surface area contributed by atoms with Crippen molar-refractivity contribution in [3.05, 3.63) is 41.8 Å². The van der Waals surface area contributed by atoms with Gasteiger partial charge in [-0.25, -0.2) is 4.98 Å². The van der Waals surface area contributed by atoms with Crippen LogP contribution in [0.1, 0.15) is 42.0 Å². The van der Waals surface area contributed by atoms with Gasteiger partial charge in [0.1, 0.15) is 6.10 Å². The Labute approximate surface area is 132 Å². The molecule has 0 fully saturated rings. The molecule has 8 nitrogen and oxygen atoms in total. The van der Waals surface area contributed by atoms with E-state index in [1.54, 1.807) is 24.5 Å². The monoisotopic (exact) mass is 315 g/mol. The van der Waals surface area contributed by atoms with Gasteiger partial charge in [-0.15, -0.1) is 0 Å². The number of nitrogens with one attached hydrogen (secondary N) is 2. The molecule has 3 rings (SSSR count). The largest absolute Gasteiger partial charge is 0.371 e. The molecule has 0 bridgehead atoms. The minimum Gasteiger partial charge on any atom is -0.371 e. The molecule has 0 aliphatic rings. The molecule has 2 heterocycles. The van der Waals surface area contributed by atoms with E-state index in [2.05, 4.69) is 25.4 Å². The third kappa shape index (κ3) is 3.37. The quantitative estimate of drug-likeness (QED) is 0.720. The van der Waals surface area contributed by atoms with Crippen LogP contribution >= 0.6 is 0 Å². The fourth-order valence-electron chi connectivity index (χ4n) is 2.16. The SMILES string of the molecule is CCO[C@H](C)c1noc(CNC(=O)c2ccc3nc[nH]c3c2)n1. The average molecular weight is 315 g/mol. The second-order valence-electron chi connectivity index (χ2n) is 4.96. The van der Waals surface area contributed by atoms with Gasteiger partial charge < -0.3 is 19.6 Å². The summed E-state index contributed by atoms with van der Waals surface area (Å²) >= 11 is 0. The van der Waals surface area contributed by atoms with Crippen molar-refractivity contribution in [1.29, 1.82) is 0 Å². The molecule has 0 saturated heterocycles. The van der Waals surface area contributed by atoms with Gasteiger partial charge in [0.25, 0.3) is 5.91 Å². The van der Waals surface area contributed by atoms with Gasteiger partial charge in [-0.3, -0.25) is 4.79 Å². The van der Waals surface area contributed by atoms with Crippen molar-refractivity contribution in [1.82, 2.24) is 25.4 Å². The summed E-state index contributed by atoms with van der Waals surface area (Å²) in [5.41, 5.74) is 2.15. The van der Waals surface area contributed by atoms with Crippen LogP contribution in [-0.4, -0.2) is 32.6 Å². The van der Waals surface area contributed by atoms with Crippen LogP contribution in [0.25, 0.3) is 11.0 Å². The number of aromatic nitrogens is 4. The Balaban J connectivity index is 1.62. The van der Waals surface area contributed by atoms with E-state index in [-0.39, 0.29) is 18.6 Å². The first-order valence-corrected chi connectivity index (χ1v) is 7.32. The summed E-state index contributed by atoms with van der Waals surface area (Å²) in [6.07, 6.45) is 1.35. The maximum Gasteiger partial charge on any atom is 0.251 e. The Morgan fingerprint density at radius 2 is 2.35 bits per heavy atom. The molecule has 1 aromatic carbocycles. The molecule has 0 spiro atoms. The van der Waals surface area contributed by atoms with Crippen molar-refractivity contribution in [2.24, 2.45) is 0 Å². The first-order chi connectivity index (χ1) is 11.2. The molecule has 0 aliphatic carbocycles. The van der Waals surface area contributed by atoms with Gasteiger partial charge in [-0.2, -0.15) is 4.98 Å². The molecule has 0 aliphatic heterocycles. The molecule has 1 amide bonds. The normalized spacial score (nSPS) is 12.4. The standard InChI is InChI=1S/C15H17N5O3/c1-3-22-9(2)14-19-13(23-20-14)7-16-15(21)10-4-5-11-12(6-10)18-8-17-11/h4-6,8-9H,3,7H2,1-2H3,(H,16,21)(H,17,18)/t9-/m1/s1. The highest BCUT2D eigenvalue weighted by atomic mass is 16.5. The van der Waals surface area contributed by atoms with E-state index in [9.17, 15) is 4.79 Å². The highest BCUT2D eigenvalue weighted by molar-refractivity contribution is 5.97. The van der Waals surface area contributed by atoms with Crippen molar-refractivity contribution < 1.29 is 14.1 Å². The van der Waals surface area contributed by atoms with Crippen molar-refractivity contribution >= 4 is 16.9 Å². The first-order valence-electron chi connectivity index (χ1n) is 7.32. The molecule has 2 aromatic heterocycles. The number of imidazole rings is 1. The molecule has 2 N–H and O–H groups in total. The van der Waals surface area contributed by atoms with Gasteiger partial charge in [0.15, 0.2) is 5.82 Å². The Bertz CT molecular complexity index is 810. The molecule has 0 unspecified atom stereocenters. The van der Waals surface area contributed by atoms with Gasteiger partial charge in [-0.1, -0.05) is 5.16 Å². The van der Waals surface area contributed by atoms with Crippen LogP contribution in [0.4, 0.5) is 0 Å². The second kappa shape index (κ2) is 6.57. The van der Waals surface area contributed by atoms with E-state index >= 15 is 0 Å². The van der Waals surface area contributed by atoms with Gasteiger partial charge >= 0.3 is 0 Å². The molecule has 1 atom stereocenters. The minimum absolute atomic E-state index is 0.158. The summed E-state index contributed by atoms with van der Waals surface area (Å²) in [6.45, 7) is 4.47. The van der Waals surface area contributed by atoms with E-state index in [0.29, 0.717) is 23.9 Å². The molecule has 23 heavy (non-hydrogen) atoms. The maximum absolute atomic E-state index is 12.2. The molecule has 8 heteroatoms. The van der Waals surface area contributed by atoms with Gasteiger partial charge in [-0.05, 0) is 32.0 Å². The summed E-state index contributed by atoms with van der Waals surface area (Å²) in [7, 11) is 0. The summed E-state index contributed by atoms with van der Waals surface area (Å²) in [5.74, 6) is 0.580. The van der Waals surface area contributed by atoms with Crippen molar-refractivity contribution in [2.75, 3.05) is 6.61 Å². The number of fused-ring (bicyclic) bond motifs is 1. The average Bonchev–Trinajstić information content (AvgIpc) is 3.21. The number of rotatable bonds is 6. The fraction of sp³-hybridized carbons (Fsp3) is 0.333. The Kier molecular flexibility index (Phi) is 4.33. The molecule has 120 valence electrons. The summed E-state index contributed by atoms with van der Waals surface area (Å²) in [5, 5.41) is 6.59. The van der Waals surface area contributed by atoms with Crippen LogP contribution in [0.3, 0.4) is 0 Å². The third-order valence-corrected chi connectivity index (χ3v) is 3.35. The van der Waals surface area contributed by atoms with E-state index in [0.717, 1.165) is 11.0 Å². The number of carbonyl (C=O) groups excluding carboxylic acids is 1. The van der Waals surface area contributed by atoms with Crippen LogP contribution in [0, 0.1) is 0 Å². The smallest absolute Gasteiger partial charge is 0.251 e. The number of benzene rings is 1. The zero-order valence-corrected chi connectivity index (χ0v) is 12.9. The number of ether oxygens (including phenoxy) is 1. The summed E-state index contributed by atoms with van der Waals surface area (Å²) in [6, 6.07) is 5.25. The van der Waals surface area contributed by atoms with Crippen LogP contribution < -0.4 is 5.32 Å². The van der Waals surface area contributed by atoms with E-state index in [1.165, 1.54) is 0 Å². The molecular weight excluding hydrogens is 298 g/mol. The highest BCUT2D eigenvalue weighted by Gasteiger charge is 2.14. The van der Waals surface area contributed by atoms with Crippen molar-refractivity contribution in [3.63, 3.8) is 0 Å². The zero-order valence-electron chi connectivity index (χ0n) is 12.9. The lowest BCUT2D eigenvalue weighted by Gasteiger charge is -2.05. The van der Waals surface area contributed by atoms with E-state index < -0.39 is 0 Å². The number of aromatic amines is 1. The number of hydrogen-bond donors (Lipinski definition) is 2. The van der Waals surface area contributed by atoms with Crippen LogP contribution in [0.2, 0.25) is 0 Å². The predicted molar refractivity (Wildman–Crippen MR) is 81.6 cm³/mol. The van der Waals surface area contributed by atoms with Crippen LogP contribution in [-0.2, 0) is 11.3 Å². The molecule has 0 radical (unpaired) electrons. The second-order valence-corrected chi connectivity index (χ2v) is 4.96. The van der Waals surface area contributed by atoms with Gasteiger partial charge in [0, 0.05) is 12.2 Å². The molecule has 3 aromatic rings. The van der Waals surface area contributed by atoms with E-state index in [4.69, 9.17) is 9.26 Å². The number of carbonyl (C=O) groups is 1. The minimum atomic E-state index is -0.240. The van der Waals surface area contributed by atoms with Crippen molar-refractivity contribution in [2.45, 2.75) is 26.5 Å². The zero-order chi connectivity index (χ0) is 16.2. The van der Waals surface area contributed by atoms with Gasteiger partial charge in [0.2, 0.25) is 5.89 Å². The Morgan fingerprint density at radius 3 is 3.17 bits per heavy atom. The number of H-pyrrole nitrogens is 1. The number of amides is 1. The van der Waals surface area contributed by atoms with Crippen LogP contribution in [0.15, 0.2) is 29.0 Å². The Hall–Kier alpha value is -2.74. The fourth-order valence-corrected chi connectivity index (χ4v) is 2.16. The first kappa shape index (κ1) is 15.2. The summed E-state index contributed by atoms with van der Waals surface area (Å²) < 4.78 is 10.5. The number of nitrogens with zero attached hydrogens (tertiary/aromatic N) is 3. The Morgan fingerprint density at radius 1 is 1.48 bits per heavy atom. The lowest BCUT2D eigenvalue weighted by atomic mass is 10.2. The van der Waals surface area contributed by atoms with Crippen LogP contribution in [0.5, 0.6) is 0 Å². The topological polar surface area (TPSA) is 106 Å². The maximum atomic E-state index is 12.2. The third-order valence-electron chi connectivity index (χ3n) is 3.35. The lowest BCUT2D eigenvalue weighted by Crippen LogP contribution is -2.23. The summed E-state index contributed by atoms with van der Waals surface area (Å²) in [4.78, 5) is 23.5.